The van der Waals surface area contributed by atoms with Gasteiger partial charge < -0.3 is 13.6 Å². The average molecular weight is 334 g/mol. The Morgan fingerprint density at radius 3 is 2.62 bits per heavy atom. The molecule has 0 spiro atoms. The molecule has 1 aliphatic rings. The van der Waals surface area contributed by atoms with Crippen LogP contribution in [0.15, 0.2) is 26.1 Å². The second-order valence-corrected chi connectivity index (χ2v) is 6.41. The minimum absolute atomic E-state index is 0.0760. The van der Waals surface area contributed by atoms with Crippen molar-refractivity contribution in [2.45, 2.75) is 11.0 Å². The largest absolute Gasteiger partial charge is 0.438 e. The van der Waals surface area contributed by atoms with Crippen LogP contribution in [-0.2, 0) is 20.6 Å². The van der Waals surface area contributed by atoms with Crippen molar-refractivity contribution in [3.8, 4) is 11.7 Å². The van der Waals surface area contributed by atoms with Gasteiger partial charge in [0.15, 0.2) is 5.76 Å². The number of hydrogen-bond acceptors (Lipinski definition) is 7. The molecule has 2 aromatic rings. The van der Waals surface area contributed by atoms with Gasteiger partial charge in [0, 0.05) is 13.1 Å². The zero-order chi connectivity index (χ0) is 14.9. The van der Waals surface area contributed by atoms with Gasteiger partial charge >= 0.3 is 0 Å². The van der Waals surface area contributed by atoms with Gasteiger partial charge in [-0.05, 0) is 12.1 Å². The molecule has 0 radical (unpaired) electrons. The lowest BCUT2D eigenvalue weighted by atomic mass is 10.5. The van der Waals surface area contributed by atoms with Crippen LogP contribution in [0.25, 0.3) is 11.7 Å². The molecule has 1 fully saturated rings. The van der Waals surface area contributed by atoms with Crippen LogP contribution >= 0.6 is 11.6 Å². The smallest absolute Gasteiger partial charge is 0.283 e. The van der Waals surface area contributed by atoms with E-state index >= 15 is 0 Å². The first-order chi connectivity index (χ1) is 10.1. The molecule has 3 heterocycles. The molecule has 0 aromatic carbocycles. The third-order valence-corrected chi connectivity index (χ3v) is 4.94. The number of hydrogen-bond donors (Lipinski definition) is 0. The second-order valence-electron chi connectivity index (χ2n) is 4.27. The van der Waals surface area contributed by atoms with Crippen LogP contribution in [0.5, 0.6) is 0 Å². The van der Waals surface area contributed by atoms with Crippen molar-refractivity contribution in [1.82, 2.24) is 14.5 Å². The van der Waals surface area contributed by atoms with Crippen LogP contribution in [0.1, 0.15) is 5.89 Å². The summed E-state index contributed by atoms with van der Waals surface area (Å²) < 4.78 is 41.8. The van der Waals surface area contributed by atoms with Crippen LogP contribution in [-0.4, -0.2) is 49.2 Å². The van der Waals surface area contributed by atoms with E-state index in [1.165, 1.54) is 16.4 Å². The van der Waals surface area contributed by atoms with Crippen molar-refractivity contribution in [1.29, 1.82) is 0 Å². The first kappa shape index (κ1) is 14.5. The number of ether oxygens (including phenoxy) is 1. The molecule has 0 bridgehead atoms. The number of halogens is 1. The summed E-state index contributed by atoms with van der Waals surface area (Å²) in [7, 11) is -3.68. The maximum absolute atomic E-state index is 12.4. The minimum Gasteiger partial charge on any atom is -0.438 e. The van der Waals surface area contributed by atoms with Gasteiger partial charge in [-0.1, -0.05) is 0 Å². The topological polar surface area (TPSA) is 98.7 Å². The fraction of sp³-hybridized carbons (Fsp3) is 0.455. The van der Waals surface area contributed by atoms with E-state index in [-0.39, 0.29) is 28.5 Å². The zero-order valence-electron chi connectivity index (χ0n) is 10.9. The van der Waals surface area contributed by atoms with E-state index in [2.05, 4.69) is 10.2 Å². The fourth-order valence-corrected chi connectivity index (χ4v) is 3.32. The van der Waals surface area contributed by atoms with Crippen LogP contribution in [0.4, 0.5) is 0 Å². The molecule has 2 aromatic heterocycles. The Hall–Kier alpha value is -1.42. The summed E-state index contributed by atoms with van der Waals surface area (Å²) in [6, 6.07) is 2.84. The lowest BCUT2D eigenvalue weighted by Gasteiger charge is -2.24. The highest BCUT2D eigenvalue weighted by Crippen LogP contribution is 2.26. The average Bonchev–Trinajstić information content (AvgIpc) is 3.17. The van der Waals surface area contributed by atoms with E-state index in [0.29, 0.717) is 26.3 Å². The molecule has 10 heteroatoms. The Balaban J connectivity index is 1.86. The van der Waals surface area contributed by atoms with E-state index in [1.807, 2.05) is 0 Å². The van der Waals surface area contributed by atoms with Gasteiger partial charge in [-0.3, -0.25) is 0 Å². The van der Waals surface area contributed by atoms with Gasteiger partial charge in [0.05, 0.1) is 13.2 Å². The summed E-state index contributed by atoms with van der Waals surface area (Å²) >= 11 is 5.57. The zero-order valence-corrected chi connectivity index (χ0v) is 12.4. The molecular formula is C11H12ClN3O5S. The van der Waals surface area contributed by atoms with Crippen molar-refractivity contribution in [3.05, 3.63) is 18.0 Å². The summed E-state index contributed by atoms with van der Waals surface area (Å²) in [5, 5.41) is 7.27. The van der Waals surface area contributed by atoms with Gasteiger partial charge in [-0.25, -0.2) is 8.42 Å². The minimum atomic E-state index is -3.68. The monoisotopic (exact) mass is 333 g/mol. The normalized spacial score (nSPS) is 17.2. The number of furan rings is 1. The fourth-order valence-electron chi connectivity index (χ4n) is 1.90. The molecule has 1 saturated heterocycles. The van der Waals surface area contributed by atoms with E-state index in [4.69, 9.17) is 25.2 Å². The lowest BCUT2D eigenvalue weighted by molar-refractivity contribution is 0.0724. The molecule has 0 aliphatic carbocycles. The van der Waals surface area contributed by atoms with Gasteiger partial charge in [0.1, 0.15) is 5.88 Å². The Morgan fingerprint density at radius 2 is 1.95 bits per heavy atom. The standard InChI is InChI=1S/C11H12ClN3O5S/c12-7-9-13-14-11(20-9)8-1-2-10(19-8)21(16,17)15-3-5-18-6-4-15/h1-2H,3-7H2. The van der Waals surface area contributed by atoms with Gasteiger partial charge in [-0.2, -0.15) is 4.31 Å². The number of aromatic nitrogens is 2. The number of rotatable bonds is 4. The maximum Gasteiger partial charge on any atom is 0.283 e. The third kappa shape index (κ3) is 2.82. The Bertz CT molecular complexity index is 720. The van der Waals surface area contributed by atoms with Crippen molar-refractivity contribution in [2.24, 2.45) is 0 Å². The van der Waals surface area contributed by atoms with E-state index in [1.54, 1.807) is 0 Å². The Labute approximate surface area is 125 Å². The molecule has 3 rings (SSSR count). The number of nitrogens with zero attached hydrogens (tertiary/aromatic N) is 3. The van der Waals surface area contributed by atoms with Crippen molar-refractivity contribution in [3.63, 3.8) is 0 Å². The first-order valence-corrected chi connectivity index (χ1v) is 8.15. The first-order valence-electron chi connectivity index (χ1n) is 6.18. The summed E-state index contributed by atoms with van der Waals surface area (Å²) in [4.78, 5) is 0. The van der Waals surface area contributed by atoms with E-state index < -0.39 is 10.0 Å². The highest BCUT2D eigenvalue weighted by molar-refractivity contribution is 7.89. The summed E-state index contributed by atoms with van der Waals surface area (Å²) in [6.45, 7) is 1.34. The number of alkyl halides is 1. The Morgan fingerprint density at radius 1 is 1.19 bits per heavy atom. The SMILES string of the molecule is O=S(=O)(c1ccc(-c2nnc(CCl)o2)o1)N1CCOCC1. The Kier molecular flexibility index (Phi) is 3.98. The molecule has 21 heavy (non-hydrogen) atoms. The highest BCUT2D eigenvalue weighted by atomic mass is 35.5. The summed E-state index contributed by atoms with van der Waals surface area (Å²) in [6.07, 6.45) is 0. The molecule has 0 saturated carbocycles. The van der Waals surface area contributed by atoms with Crippen molar-refractivity contribution in [2.75, 3.05) is 26.3 Å². The third-order valence-electron chi connectivity index (χ3n) is 2.94. The quantitative estimate of drug-likeness (QED) is 0.772. The van der Waals surface area contributed by atoms with Crippen LogP contribution in [0, 0.1) is 0 Å². The molecule has 0 N–H and O–H groups in total. The molecule has 8 nitrogen and oxygen atoms in total. The maximum atomic E-state index is 12.4. The van der Waals surface area contributed by atoms with Gasteiger partial charge in [0.2, 0.25) is 11.0 Å². The molecule has 0 atom stereocenters. The molecular weight excluding hydrogens is 322 g/mol. The lowest BCUT2D eigenvalue weighted by Crippen LogP contribution is -2.40. The predicted molar refractivity (Wildman–Crippen MR) is 71.1 cm³/mol. The van der Waals surface area contributed by atoms with Crippen molar-refractivity contribution < 1.29 is 22.0 Å². The summed E-state index contributed by atoms with van der Waals surface area (Å²) in [5.41, 5.74) is 0. The second kappa shape index (κ2) is 5.76. The van der Waals surface area contributed by atoms with Gasteiger partial charge in [0.25, 0.3) is 15.9 Å². The van der Waals surface area contributed by atoms with Crippen molar-refractivity contribution >= 4 is 21.6 Å². The summed E-state index contributed by atoms with van der Waals surface area (Å²) in [5.74, 6) is 0.590. The number of morpholine rings is 1. The van der Waals surface area contributed by atoms with Crippen LogP contribution < -0.4 is 0 Å². The van der Waals surface area contributed by atoms with Crippen LogP contribution in [0.3, 0.4) is 0 Å². The molecule has 0 unspecified atom stereocenters. The van der Waals surface area contributed by atoms with Gasteiger partial charge in [-0.15, -0.1) is 21.8 Å². The van der Waals surface area contributed by atoms with E-state index in [9.17, 15) is 8.42 Å². The molecule has 114 valence electrons. The highest BCUT2D eigenvalue weighted by Gasteiger charge is 2.30. The predicted octanol–water partition coefficient (Wildman–Crippen LogP) is 1.09. The number of sulfonamides is 1. The molecule has 0 amide bonds. The van der Waals surface area contributed by atoms with Crippen LogP contribution in [0.2, 0.25) is 0 Å². The van der Waals surface area contributed by atoms with E-state index in [0.717, 1.165) is 0 Å². The molecule has 1 aliphatic heterocycles.